The van der Waals surface area contributed by atoms with Crippen molar-refractivity contribution in [1.29, 1.82) is 0 Å². The van der Waals surface area contributed by atoms with E-state index >= 15 is 0 Å². The van der Waals surface area contributed by atoms with Crippen LogP contribution in [0, 0.1) is 0 Å². The second-order valence-corrected chi connectivity index (χ2v) is 9.22. The Labute approximate surface area is 175 Å². The monoisotopic (exact) mass is 417 g/mol. The van der Waals surface area contributed by atoms with Crippen molar-refractivity contribution >= 4 is 46.3 Å². The fraction of sp³-hybridized carbons (Fsp3) is 0.381. The van der Waals surface area contributed by atoms with Gasteiger partial charge in [0.15, 0.2) is 0 Å². The van der Waals surface area contributed by atoms with Crippen LogP contribution in [0.15, 0.2) is 42.5 Å². The number of benzene rings is 2. The molecule has 2 unspecified atom stereocenters. The lowest BCUT2D eigenvalue weighted by Crippen LogP contribution is -2.40. The van der Waals surface area contributed by atoms with Gasteiger partial charge in [-0.3, -0.25) is 0 Å². The third-order valence-corrected chi connectivity index (χ3v) is 7.14. The van der Waals surface area contributed by atoms with Gasteiger partial charge in [-0.1, -0.05) is 48.1 Å². The fourth-order valence-electron chi connectivity index (χ4n) is 4.00. The van der Waals surface area contributed by atoms with Crippen LogP contribution in [-0.4, -0.2) is 41.0 Å². The van der Waals surface area contributed by atoms with Crippen molar-refractivity contribution in [2.45, 2.75) is 18.4 Å². The molecule has 0 spiro atoms. The van der Waals surface area contributed by atoms with Gasteiger partial charge >= 0.3 is 0 Å². The highest BCUT2D eigenvalue weighted by molar-refractivity contribution is 7.99. The summed E-state index contributed by atoms with van der Waals surface area (Å²) in [7, 11) is 0. The van der Waals surface area contributed by atoms with Crippen LogP contribution < -0.4 is 11.1 Å². The van der Waals surface area contributed by atoms with Crippen LogP contribution in [0.3, 0.4) is 0 Å². The highest BCUT2D eigenvalue weighted by Crippen LogP contribution is 2.39. The summed E-state index contributed by atoms with van der Waals surface area (Å²) < 4.78 is 0. The molecular formula is C21H24ClN3S2. The molecule has 4 rings (SSSR count). The summed E-state index contributed by atoms with van der Waals surface area (Å²) in [6, 6.07) is 14.2. The van der Waals surface area contributed by atoms with Crippen LogP contribution in [-0.2, 0) is 0 Å². The van der Waals surface area contributed by atoms with Crippen molar-refractivity contribution < 1.29 is 0 Å². The molecule has 2 aromatic rings. The lowest BCUT2D eigenvalue weighted by molar-refractivity contribution is 0.295. The molecule has 0 saturated carbocycles. The standard InChI is InChI=1S/C21H24ClN3S2/c22-19-6-5-14(23)13-18(19)20-16-4-2-1-3-15(16)17(21(26)24-20)7-8-25-9-11-27-12-10-25/h1-6,13,17,20H,7-12,23H2,(H,24,26). The van der Waals surface area contributed by atoms with Crippen molar-refractivity contribution in [3.8, 4) is 0 Å². The number of fused-ring (bicyclic) bond motifs is 1. The Balaban J connectivity index is 1.62. The number of rotatable bonds is 4. The zero-order valence-electron chi connectivity index (χ0n) is 15.2. The Morgan fingerprint density at radius 2 is 1.85 bits per heavy atom. The summed E-state index contributed by atoms with van der Waals surface area (Å²) in [5, 5.41) is 4.28. The highest BCUT2D eigenvalue weighted by atomic mass is 35.5. The quantitative estimate of drug-likeness (QED) is 0.567. The van der Waals surface area contributed by atoms with Gasteiger partial charge in [0, 0.05) is 41.2 Å². The first kappa shape index (κ1) is 19.1. The number of nitrogens with one attached hydrogen (secondary N) is 1. The van der Waals surface area contributed by atoms with E-state index in [1.807, 2.05) is 30.0 Å². The molecule has 27 heavy (non-hydrogen) atoms. The Bertz CT molecular complexity index is 836. The largest absolute Gasteiger partial charge is 0.399 e. The smallest absolute Gasteiger partial charge is 0.0837 e. The summed E-state index contributed by atoms with van der Waals surface area (Å²) >= 11 is 14.4. The molecular weight excluding hydrogens is 394 g/mol. The Hall–Kier alpha value is -1.27. The number of nitrogen functional groups attached to an aromatic ring is 1. The number of nitrogens with two attached hydrogens (primary N) is 1. The number of anilines is 1. The summed E-state index contributed by atoms with van der Waals surface area (Å²) in [6.45, 7) is 3.45. The van der Waals surface area contributed by atoms with Crippen LogP contribution in [0.5, 0.6) is 0 Å². The molecule has 142 valence electrons. The second kappa shape index (κ2) is 8.39. The minimum absolute atomic E-state index is 0.0488. The van der Waals surface area contributed by atoms with Crippen molar-refractivity contribution in [3.05, 3.63) is 64.2 Å². The molecule has 0 aromatic heterocycles. The maximum Gasteiger partial charge on any atom is 0.0837 e. The number of thiocarbonyl (C=S) groups is 1. The minimum atomic E-state index is -0.0488. The predicted octanol–water partition coefficient (Wildman–Crippen LogP) is 4.46. The third-order valence-electron chi connectivity index (χ3n) is 5.45. The van der Waals surface area contributed by atoms with E-state index < -0.39 is 0 Å². The topological polar surface area (TPSA) is 41.3 Å². The van der Waals surface area contributed by atoms with E-state index in [1.165, 1.54) is 35.7 Å². The highest BCUT2D eigenvalue weighted by Gasteiger charge is 2.32. The lowest BCUT2D eigenvalue weighted by atomic mass is 9.82. The Morgan fingerprint density at radius 1 is 1.11 bits per heavy atom. The van der Waals surface area contributed by atoms with E-state index in [4.69, 9.17) is 29.6 Å². The molecule has 0 bridgehead atoms. The van der Waals surface area contributed by atoms with Crippen molar-refractivity contribution in [2.24, 2.45) is 0 Å². The molecule has 3 nitrogen and oxygen atoms in total. The maximum absolute atomic E-state index is 6.50. The number of hydrogen-bond donors (Lipinski definition) is 2. The van der Waals surface area contributed by atoms with E-state index in [0.717, 1.165) is 23.5 Å². The van der Waals surface area contributed by atoms with Gasteiger partial charge in [0.1, 0.15) is 0 Å². The SMILES string of the molecule is Nc1ccc(Cl)c(C2NC(=S)C(CCN3CCSCC3)c3ccccc32)c1. The summed E-state index contributed by atoms with van der Waals surface area (Å²) in [4.78, 5) is 3.46. The number of hydrogen-bond acceptors (Lipinski definition) is 4. The molecule has 3 N–H and O–H groups in total. The Kier molecular flexibility index (Phi) is 5.93. The maximum atomic E-state index is 6.50. The molecule has 0 aliphatic carbocycles. The number of thioether (sulfide) groups is 1. The molecule has 2 heterocycles. The van der Waals surface area contributed by atoms with Crippen molar-refractivity contribution in [3.63, 3.8) is 0 Å². The molecule has 1 fully saturated rings. The predicted molar refractivity (Wildman–Crippen MR) is 121 cm³/mol. The normalized spacial score (nSPS) is 22.9. The molecule has 0 radical (unpaired) electrons. The van der Waals surface area contributed by atoms with Gasteiger partial charge in [-0.15, -0.1) is 0 Å². The van der Waals surface area contributed by atoms with Gasteiger partial charge in [0.2, 0.25) is 0 Å². The Morgan fingerprint density at radius 3 is 2.63 bits per heavy atom. The van der Waals surface area contributed by atoms with E-state index in [2.05, 4.69) is 34.5 Å². The van der Waals surface area contributed by atoms with Crippen molar-refractivity contribution in [2.75, 3.05) is 36.9 Å². The van der Waals surface area contributed by atoms with E-state index in [0.29, 0.717) is 10.7 Å². The number of halogens is 1. The fourth-order valence-corrected chi connectivity index (χ4v) is 5.57. The first-order chi connectivity index (χ1) is 13.1. The molecule has 2 aromatic carbocycles. The van der Waals surface area contributed by atoms with Crippen LogP contribution in [0.4, 0.5) is 5.69 Å². The average molecular weight is 418 g/mol. The lowest BCUT2D eigenvalue weighted by Gasteiger charge is -2.36. The zero-order chi connectivity index (χ0) is 18.8. The molecule has 0 amide bonds. The zero-order valence-corrected chi connectivity index (χ0v) is 17.5. The van der Waals surface area contributed by atoms with Gasteiger partial charge in [-0.25, -0.2) is 0 Å². The first-order valence-electron chi connectivity index (χ1n) is 9.37. The molecule has 2 aliphatic heterocycles. The van der Waals surface area contributed by atoms with Gasteiger partial charge < -0.3 is 16.0 Å². The first-order valence-corrected chi connectivity index (χ1v) is 11.3. The van der Waals surface area contributed by atoms with E-state index in [9.17, 15) is 0 Å². The van der Waals surface area contributed by atoms with Gasteiger partial charge in [-0.05, 0) is 47.9 Å². The van der Waals surface area contributed by atoms with Crippen LogP contribution in [0.2, 0.25) is 5.02 Å². The van der Waals surface area contributed by atoms with Crippen LogP contribution >= 0.6 is 35.6 Å². The van der Waals surface area contributed by atoms with Crippen LogP contribution in [0.25, 0.3) is 0 Å². The second-order valence-electron chi connectivity index (χ2n) is 7.15. The van der Waals surface area contributed by atoms with Gasteiger partial charge in [-0.2, -0.15) is 11.8 Å². The number of nitrogens with zero attached hydrogens (tertiary/aromatic N) is 1. The van der Waals surface area contributed by atoms with Crippen LogP contribution in [0.1, 0.15) is 35.1 Å². The summed E-state index contributed by atoms with van der Waals surface area (Å²) in [6.07, 6.45) is 1.05. The molecule has 2 atom stereocenters. The van der Waals surface area contributed by atoms with E-state index in [1.54, 1.807) is 0 Å². The van der Waals surface area contributed by atoms with Gasteiger partial charge in [0.05, 0.1) is 11.0 Å². The van der Waals surface area contributed by atoms with Crippen molar-refractivity contribution in [1.82, 2.24) is 10.2 Å². The van der Waals surface area contributed by atoms with Gasteiger partial charge in [0.25, 0.3) is 0 Å². The molecule has 2 aliphatic rings. The minimum Gasteiger partial charge on any atom is -0.399 e. The average Bonchev–Trinajstić information content (AvgIpc) is 2.69. The molecule has 6 heteroatoms. The third kappa shape index (κ3) is 4.11. The van der Waals surface area contributed by atoms with E-state index in [-0.39, 0.29) is 12.0 Å². The summed E-state index contributed by atoms with van der Waals surface area (Å²) in [5.74, 6) is 2.72. The summed E-state index contributed by atoms with van der Waals surface area (Å²) in [5.41, 5.74) is 10.3. The molecule has 1 saturated heterocycles.